The first-order chi connectivity index (χ1) is 14.9. The highest BCUT2D eigenvalue weighted by Gasteiger charge is 2.57. The Balaban J connectivity index is 1.28. The van der Waals surface area contributed by atoms with Gasteiger partial charge in [-0.05, 0) is 61.3 Å². The molecule has 3 aromatic rings. The molecule has 0 spiro atoms. The topological polar surface area (TPSA) is 84.2 Å². The third-order valence-electron chi connectivity index (χ3n) is 7.51. The number of nitrogens with zero attached hydrogens (tertiary/aromatic N) is 2. The standard InChI is InChI=1S/C24H25N3O3S/c28-19(11-23-7-15-6-16(8-23)10-24(30,9-15)13-23)26-27-14-25-21-20(22(27)29)18(12-31-21)17-4-2-1-3-5-17/h1-5,12,14-16,30H,6-11,13H2,(H,26,28). The van der Waals surface area contributed by atoms with Gasteiger partial charge in [0.15, 0.2) is 0 Å². The van der Waals surface area contributed by atoms with Crippen molar-refractivity contribution in [2.24, 2.45) is 17.3 Å². The van der Waals surface area contributed by atoms with Crippen LogP contribution < -0.4 is 11.0 Å². The molecule has 1 aromatic carbocycles. The van der Waals surface area contributed by atoms with E-state index in [1.165, 1.54) is 28.8 Å². The Labute approximate surface area is 183 Å². The summed E-state index contributed by atoms with van der Waals surface area (Å²) in [5.74, 6) is 0.878. The molecule has 2 atom stereocenters. The molecule has 4 fully saturated rings. The monoisotopic (exact) mass is 435 g/mol. The lowest BCUT2D eigenvalue weighted by Crippen LogP contribution is -2.56. The lowest BCUT2D eigenvalue weighted by Gasteiger charge is -2.60. The minimum atomic E-state index is -0.594. The molecule has 4 aliphatic carbocycles. The van der Waals surface area contributed by atoms with Gasteiger partial charge in [0.25, 0.3) is 5.56 Å². The van der Waals surface area contributed by atoms with Crippen LogP contribution in [0.2, 0.25) is 0 Å². The maximum absolute atomic E-state index is 13.2. The Hall–Kier alpha value is -2.51. The molecule has 0 aliphatic heterocycles. The van der Waals surface area contributed by atoms with Gasteiger partial charge in [-0.1, -0.05) is 30.3 Å². The fourth-order valence-electron chi connectivity index (χ4n) is 6.97. The van der Waals surface area contributed by atoms with E-state index in [1.807, 2.05) is 35.7 Å². The quantitative estimate of drug-likeness (QED) is 0.651. The van der Waals surface area contributed by atoms with E-state index >= 15 is 0 Å². The van der Waals surface area contributed by atoms with Crippen LogP contribution in [-0.2, 0) is 4.79 Å². The predicted molar refractivity (Wildman–Crippen MR) is 120 cm³/mol. The van der Waals surface area contributed by atoms with Crippen LogP contribution in [-0.4, -0.2) is 26.3 Å². The maximum atomic E-state index is 13.2. The molecule has 4 bridgehead atoms. The van der Waals surface area contributed by atoms with Gasteiger partial charge in [-0.15, -0.1) is 11.3 Å². The van der Waals surface area contributed by atoms with E-state index in [-0.39, 0.29) is 16.9 Å². The van der Waals surface area contributed by atoms with E-state index in [4.69, 9.17) is 0 Å². The first-order valence-electron chi connectivity index (χ1n) is 11.0. The van der Waals surface area contributed by atoms with Crippen molar-refractivity contribution in [3.8, 4) is 11.1 Å². The number of rotatable bonds is 4. The Bertz CT molecular complexity index is 1220. The first kappa shape index (κ1) is 19.2. The largest absolute Gasteiger partial charge is 0.390 e. The molecule has 2 heterocycles. The molecule has 0 radical (unpaired) electrons. The molecule has 4 saturated carbocycles. The van der Waals surface area contributed by atoms with Crippen molar-refractivity contribution in [1.29, 1.82) is 0 Å². The number of aromatic nitrogens is 2. The lowest BCUT2D eigenvalue weighted by molar-refractivity contribution is -0.168. The summed E-state index contributed by atoms with van der Waals surface area (Å²) in [5, 5.41) is 13.4. The van der Waals surface area contributed by atoms with E-state index in [2.05, 4.69) is 10.4 Å². The highest BCUT2D eigenvalue weighted by molar-refractivity contribution is 7.17. The van der Waals surface area contributed by atoms with Gasteiger partial charge in [0.2, 0.25) is 5.91 Å². The molecule has 7 rings (SSSR count). The van der Waals surface area contributed by atoms with E-state index in [0.717, 1.165) is 36.8 Å². The summed E-state index contributed by atoms with van der Waals surface area (Å²) >= 11 is 1.43. The zero-order valence-electron chi connectivity index (χ0n) is 17.2. The van der Waals surface area contributed by atoms with Crippen LogP contribution in [0.4, 0.5) is 0 Å². The van der Waals surface area contributed by atoms with Gasteiger partial charge < -0.3 is 5.11 Å². The highest BCUT2D eigenvalue weighted by Crippen LogP contribution is 2.62. The molecular formula is C24H25N3O3S. The second-order valence-electron chi connectivity index (χ2n) is 10.0. The van der Waals surface area contributed by atoms with Gasteiger partial charge in [-0.3, -0.25) is 15.0 Å². The lowest BCUT2D eigenvalue weighted by atomic mass is 9.47. The number of aliphatic hydroxyl groups is 1. The van der Waals surface area contributed by atoms with Crippen LogP contribution in [0, 0.1) is 17.3 Å². The van der Waals surface area contributed by atoms with Crippen molar-refractivity contribution in [1.82, 2.24) is 9.66 Å². The molecule has 4 aliphatic rings. The number of amides is 1. The average molecular weight is 436 g/mol. The third kappa shape index (κ3) is 3.22. The maximum Gasteiger partial charge on any atom is 0.281 e. The summed E-state index contributed by atoms with van der Waals surface area (Å²) in [6.07, 6.45) is 7.42. The second kappa shape index (κ2) is 6.74. The molecular weight excluding hydrogens is 410 g/mol. The van der Waals surface area contributed by atoms with E-state index in [0.29, 0.717) is 34.9 Å². The molecule has 0 saturated heterocycles. The number of hydrogen-bond acceptors (Lipinski definition) is 5. The fourth-order valence-corrected chi connectivity index (χ4v) is 7.87. The molecule has 6 nitrogen and oxygen atoms in total. The Kier molecular flexibility index (Phi) is 4.17. The van der Waals surface area contributed by atoms with Crippen LogP contribution in [0.25, 0.3) is 21.3 Å². The minimum absolute atomic E-state index is 0.137. The highest BCUT2D eigenvalue weighted by atomic mass is 32.1. The number of nitrogens with one attached hydrogen (secondary N) is 1. The van der Waals surface area contributed by atoms with Crippen molar-refractivity contribution in [3.63, 3.8) is 0 Å². The summed E-state index contributed by atoms with van der Waals surface area (Å²) in [6, 6.07) is 9.75. The number of fused-ring (bicyclic) bond motifs is 1. The van der Waals surface area contributed by atoms with Gasteiger partial charge in [0.1, 0.15) is 11.2 Å². The van der Waals surface area contributed by atoms with Crippen LogP contribution in [0.1, 0.15) is 44.9 Å². The van der Waals surface area contributed by atoms with E-state index in [1.54, 1.807) is 0 Å². The predicted octanol–water partition coefficient (Wildman–Crippen LogP) is 3.92. The average Bonchev–Trinajstić information content (AvgIpc) is 3.13. The van der Waals surface area contributed by atoms with Crippen molar-refractivity contribution in [3.05, 3.63) is 52.4 Å². The van der Waals surface area contributed by atoms with Crippen molar-refractivity contribution in [2.45, 2.75) is 50.5 Å². The zero-order chi connectivity index (χ0) is 21.2. The number of benzene rings is 1. The van der Waals surface area contributed by atoms with Gasteiger partial charge in [-0.25, -0.2) is 9.66 Å². The zero-order valence-corrected chi connectivity index (χ0v) is 18.0. The SMILES string of the molecule is O=C(CC12CC3CC(CC(O)(C3)C1)C2)Nn1cnc2scc(-c3ccccc3)c2c1=O. The Morgan fingerprint density at radius 1 is 1.19 bits per heavy atom. The molecule has 2 aromatic heterocycles. The second-order valence-corrected chi connectivity index (χ2v) is 10.9. The van der Waals surface area contributed by atoms with Crippen LogP contribution in [0.15, 0.2) is 46.8 Å². The number of carbonyl (C=O) groups excluding carboxylic acids is 1. The molecule has 31 heavy (non-hydrogen) atoms. The molecule has 1 amide bonds. The van der Waals surface area contributed by atoms with Gasteiger partial charge in [0.05, 0.1) is 11.0 Å². The number of carbonyl (C=O) groups is 1. The summed E-state index contributed by atoms with van der Waals surface area (Å²) in [4.78, 5) is 31.3. The van der Waals surface area contributed by atoms with E-state index in [9.17, 15) is 14.7 Å². The fraction of sp³-hybridized carbons (Fsp3) is 0.458. The van der Waals surface area contributed by atoms with Gasteiger partial charge >= 0.3 is 0 Å². The van der Waals surface area contributed by atoms with Crippen LogP contribution in [0.3, 0.4) is 0 Å². The van der Waals surface area contributed by atoms with Crippen molar-refractivity contribution in [2.75, 3.05) is 5.43 Å². The smallest absolute Gasteiger partial charge is 0.281 e. The number of hydrogen-bond donors (Lipinski definition) is 2. The van der Waals surface area contributed by atoms with Crippen molar-refractivity contribution >= 4 is 27.5 Å². The van der Waals surface area contributed by atoms with Crippen LogP contribution in [0.5, 0.6) is 0 Å². The summed E-state index contributed by atoms with van der Waals surface area (Å²) in [6.45, 7) is 0. The van der Waals surface area contributed by atoms with Crippen molar-refractivity contribution < 1.29 is 9.90 Å². The Morgan fingerprint density at radius 3 is 2.65 bits per heavy atom. The third-order valence-corrected chi connectivity index (χ3v) is 8.40. The normalized spacial score (nSPS) is 31.3. The van der Waals surface area contributed by atoms with E-state index < -0.39 is 5.60 Å². The first-order valence-corrected chi connectivity index (χ1v) is 11.9. The summed E-state index contributed by atoms with van der Waals surface area (Å²) in [5.41, 5.74) is 3.59. The summed E-state index contributed by atoms with van der Waals surface area (Å²) in [7, 11) is 0. The Morgan fingerprint density at radius 2 is 1.94 bits per heavy atom. The molecule has 2 unspecified atom stereocenters. The molecule has 7 heteroatoms. The van der Waals surface area contributed by atoms with Crippen LogP contribution >= 0.6 is 11.3 Å². The van der Waals surface area contributed by atoms with Gasteiger partial charge in [-0.2, -0.15) is 0 Å². The molecule has 2 N–H and O–H groups in total. The summed E-state index contributed by atoms with van der Waals surface area (Å²) < 4.78 is 1.22. The van der Waals surface area contributed by atoms with Gasteiger partial charge in [0, 0.05) is 17.4 Å². The number of thiophene rings is 1. The molecule has 160 valence electrons. The minimum Gasteiger partial charge on any atom is -0.390 e.